The predicted molar refractivity (Wildman–Crippen MR) is 86.5 cm³/mol. The normalized spacial score (nSPS) is 12.3. The Morgan fingerprint density at radius 2 is 1.65 bits per heavy atom. The van der Waals surface area contributed by atoms with Crippen molar-refractivity contribution in [3.8, 4) is 0 Å². The van der Waals surface area contributed by atoms with E-state index in [0.29, 0.717) is 0 Å². The first kappa shape index (κ1) is 25.3. The van der Waals surface area contributed by atoms with E-state index in [9.17, 15) is 0 Å². The van der Waals surface area contributed by atoms with Crippen LogP contribution < -0.4 is 24.8 Å². The number of rotatable bonds is 0. The van der Waals surface area contributed by atoms with Crippen molar-refractivity contribution in [2.75, 3.05) is 0 Å². The quantitative estimate of drug-likeness (QED) is 0.511. The van der Waals surface area contributed by atoms with Crippen LogP contribution in [0.1, 0.15) is 63.8 Å². The van der Waals surface area contributed by atoms with Crippen molar-refractivity contribution < 1.29 is 51.0 Å². The Hall–Kier alpha value is 0.0931. The zero-order valence-electron chi connectivity index (χ0n) is 15.0. The fourth-order valence-electron chi connectivity index (χ4n) is 2.58. The molecule has 0 fully saturated rings. The number of halogens is 2. The van der Waals surface area contributed by atoms with Gasteiger partial charge in [-0.15, -0.1) is 18.0 Å². The van der Waals surface area contributed by atoms with Crippen LogP contribution >= 0.6 is 0 Å². The van der Waals surface area contributed by atoms with Crippen molar-refractivity contribution in [3.63, 3.8) is 0 Å². The van der Waals surface area contributed by atoms with Gasteiger partial charge in [0, 0.05) is 0 Å². The van der Waals surface area contributed by atoms with Crippen molar-refractivity contribution in [3.05, 3.63) is 52.8 Å². The van der Waals surface area contributed by atoms with Crippen LogP contribution in [-0.4, -0.2) is 4.98 Å². The van der Waals surface area contributed by atoms with E-state index in [4.69, 9.17) is 0 Å². The van der Waals surface area contributed by atoms with E-state index in [0.717, 1.165) is 0 Å². The molecule has 0 spiro atoms. The Bertz CT molecular complexity index is 524. The van der Waals surface area contributed by atoms with Crippen LogP contribution in [0.15, 0.2) is 24.4 Å². The summed E-state index contributed by atoms with van der Waals surface area (Å²) in [6.45, 7) is 13.4. The number of H-pyrrole nitrogens is 1. The minimum Gasteiger partial charge on any atom is -1.00 e. The molecule has 0 radical (unpaired) electrons. The van der Waals surface area contributed by atoms with Crippen molar-refractivity contribution in [2.24, 2.45) is 0 Å². The maximum Gasteiger partial charge on any atom is 4.00 e. The topological polar surface area (TPSA) is 15.8 Å². The second-order valence-corrected chi connectivity index (χ2v) is 7.78. The summed E-state index contributed by atoms with van der Waals surface area (Å²) < 4.78 is 0. The molecule has 1 aromatic heterocycles. The largest absolute Gasteiger partial charge is 4.00 e. The Balaban J connectivity index is 0. The van der Waals surface area contributed by atoms with E-state index >= 15 is 0 Å². The average Bonchev–Trinajstić information content (AvgIpc) is 2.85. The zero-order chi connectivity index (χ0) is 15.0. The molecule has 23 heavy (non-hydrogen) atoms. The van der Waals surface area contributed by atoms with Gasteiger partial charge in [0.05, 0.1) is 0 Å². The van der Waals surface area contributed by atoms with Crippen LogP contribution in [0.5, 0.6) is 0 Å². The third kappa shape index (κ3) is 6.48. The number of hydrogen-bond donors (Lipinski definition) is 1. The molecule has 1 heterocycles. The van der Waals surface area contributed by atoms with Gasteiger partial charge in [0.2, 0.25) is 0 Å². The Morgan fingerprint density at radius 1 is 1.04 bits per heavy atom. The van der Waals surface area contributed by atoms with Gasteiger partial charge >= 0.3 is 26.2 Å². The number of aromatic amines is 1. The fourth-order valence-corrected chi connectivity index (χ4v) is 2.58. The monoisotopic (exact) mass is 429 g/mol. The van der Waals surface area contributed by atoms with Crippen LogP contribution in [0, 0.1) is 6.20 Å². The Morgan fingerprint density at radius 3 is 1.91 bits per heavy atom. The molecule has 3 rings (SSSR count). The molecular weight excluding hydrogens is 404 g/mol. The number of aryl methyl sites for hydroxylation is 2. The molecule has 1 aromatic carbocycles. The third-order valence-corrected chi connectivity index (χ3v) is 3.91. The van der Waals surface area contributed by atoms with E-state index in [1.165, 1.54) is 24.0 Å². The number of hydrogen-bond acceptors (Lipinski definition) is 0. The SMILES string of the molecule is CC(C)(C)c1[c-][nH]cc1C(C)(C)C.[Cl-].[Cl-].[Zr+4].c1cc2[c-](c1)CC2. The van der Waals surface area contributed by atoms with Gasteiger partial charge in [-0.1, -0.05) is 59.8 Å². The van der Waals surface area contributed by atoms with E-state index in [1.807, 2.05) is 0 Å². The minimum atomic E-state index is 0. The van der Waals surface area contributed by atoms with Crippen LogP contribution in [-0.2, 0) is 49.9 Å². The van der Waals surface area contributed by atoms with E-state index in [2.05, 4.69) is 77.1 Å². The molecule has 0 unspecified atom stereocenters. The fraction of sp³-hybridized carbons (Fsp3) is 0.526. The van der Waals surface area contributed by atoms with Crippen LogP contribution in [0.25, 0.3) is 0 Å². The molecule has 0 bridgehead atoms. The Labute approximate surface area is 173 Å². The molecule has 4 heteroatoms. The van der Waals surface area contributed by atoms with Gasteiger partial charge in [-0.2, -0.15) is 22.8 Å². The summed E-state index contributed by atoms with van der Waals surface area (Å²) in [7, 11) is 0. The molecule has 0 atom stereocenters. The first-order valence-corrected chi connectivity index (χ1v) is 7.53. The van der Waals surface area contributed by atoms with Gasteiger partial charge in [0.1, 0.15) is 0 Å². The summed E-state index contributed by atoms with van der Waals surface area (Å²) in [6, 6.07) is 6.55. The summed E-state index contributed by atoms with van der Waals surface area (Å²) >= 11 is 0. The zero-order valence-corrected chi connectivity index (χ0v) is 18.9. The van der Waals surface area contributed by atoms with Crippen LogP contribution in [0.3, 0.4) is 0 Å². The summed E-state index contributed by atoms with van der Waals surface area (Å²) in [6.07, 6.45) is 7.94. The van der Waals surface area contributed by atoms with E-state index in [1.54, 1.807) is 11.1 Å². The average molecular weight is 432 g/mol. The molecule has 1 N–H and O–H groups in total. The molecule has 0 saturated heterocycles. The van der Waals surface area contributed by atoms with Crippen LogP contribution in [0.2, 0.25) is 0 Å². The molecular formula is C19H27Cl2NZr. The second kappa shape index (κ2) is 9.54. The maximum absolute atomic E-state index is 3.23. The molecule has 1 nitrogen and oxygen atoms in total. The standard InChI is InChI=1S/C12H20N.C7H7.2ClH.Zr/c1-11(2,3)9-7-13-8-10(9)12(4,5)6;1-2-6-4-5-7(6)3-1;;;/h7,13H,1-6H3;1-3H,4-5H2;2*1H;/q2*-1;;;+4/p-2. The Kier molecular flexibility index (Phi) is 10.5. The van der Waals surface area contributed by atoms with Crippen LogP contribution in [0.4, 0.5) is 0 Å². The third-order valence-electron chi connectivity index (χ3n) is 3.91. The summed E-state index contributed by atoms with van der Waals surface area (Å²) in [5.74, 6) is 0. The second-order valence-electron chi connectivity index (χ2n) is 7.78. The number of aromatic nitrogens is 1. The molecule has 1 aliphatic rings. The molecule has 1 aliphatic carbocycles. The van der Waals surface area contributed by atoms with Gasteiger partial charge < -0.3 is 29.8 Å². The van der Waals surface area contributed by atoms with Gasteiger partial charge in [0.25, 0.3) is 0 Å². The van der Waals surface area contributed by atoms with E-state index < -0.39 is 0 Å². The van der Waals surface area contributed by atoms with Crippen molar-refractivity contribution >= 4 is 0 Å². The summed E-state index contributed by atoms with van der Waals surface area (Å²) in [5.41, 5.74) is 6.21. The first-order valence-electron chi connectivity index (χ1n) is 7.53. The number of fused-ring (bicyclic) bond motifs is 1. The molecule has 0 aliphatic heterocycles. The summed E-state index contributed by atoms with van der Waals surface area (Å²) in [4.78, 5) is 3.09. The van der Waals surface area contributed by atoms with Gasteiger partial charge in [0.15, 0.2) is 0 Å². The smallest absolute Gasteiger partial charge is 1.00 e. The van der Waals surface area contributed by atoms with Crippen molar-refractivity contribution in [2.45, 2.75) is 65.2 Å². The van der Waals surface area contributed by atoms with Crippen molar-refractivity contribution in [1.82, 2.24) is 4.98 Å². The summed E-state index contributed by atoms with van der Waals surface area (Å²) in [5, 5.41) is 0. The minimum absolute atomic E-state index is 0. The molecule has 0 amide bonds. The molecule has 2 aromatic rings. The number of nitrogens with one attached hydrogen (secondary N) is 1. The van der Waals surface area contributed by atoms with Gasteiger partial charge in [-0.3, -0.25) is 0 Å². The van der Waals surface area contributed by atoms with E-state index in [-0.39, 0.29) is 61.8 Å². The first-order chi connectivity index (χ1) is 9.19. The molecule has 0 saturated carbocycles. The predicted octanol–water partition coefficient (Wildman–Crippen LogP) is -1.08. The molecule has 126 valence electrons. The van der Waals surface area contributed by atoms with Gasteiger partial charge in [-0.05, 0) is 5.41 Å². The maximum atomic E-state index is 3.23. The van der Waals surface area contributed by atoms with Crippen molar-refractivity contribution in [1.29, 1.82) is 0 Å². The van der Waals surface area contributed by atoms with Gasteiger partial charge in [-0.25, -0.2) is 12.1 Å².